The van der Waals surface area contributed by atoms with Gasteiger partial charge in [-0.1, -0.05) is 12.1 Å². The fraction of sp³-hybridized carbons (Fsp3) is 0.476. The van der Waals surface area contributed by atoms with Gasteiger partial charge in [0.25, 0.3) is 0 Å². The summed E-state index contributed by atoms with van der Waals surface area (Å²) in [4.78, 5) is 15.9. The molecule has 4 rings (SSSR count). The number of ether oxygens (including phenoxy) is 2. The largest absolute Gasteiger partial charge is 0.497 e. The van der Waals surface area contributed by atoms with Gasteiger partial charge in [0.2, 0.25) is 5.91 Å². The summed E-state index contributed by atoms with van der Waals surface area (Å²) in [6.45, 7) is 1.98. The maximum Gasteiger partial charge on any atom is 0.233 e. The number of hydrogen-bond donors (Lipinski definition) is 0. The Morgan fingerprint density at radius 3 is 2.54 bits per heavy atom. The minimum atomic E-state index is -0.483. The molecule has 26 heavy (non-hydrogen) atoms. The summed E-state index contributed by atoms with van der Waals surface area (Å²) in [5.74, 6) is 1.08. The van der Waals surface area contributed by atoms with E-state index in [1.54, 1.807) is 18.4 Å². The Hall–Kier alpha value is -1.85. The second kappa shape index (κ2) is 7.41. The zero-order chi connectivity index (χ0) is 18.0. The van der Waals surface area contributed by atoms with E-state index in [9.17, 15) is 4.79 Å². The Morgan fingerprint density at radius 2 is 1.96 bits per heavy atom. The van der Waals surface area contributed by atoms with Gasteiger partial charge in [-0.25, -0.2) is 0 Å². The summed E-state index contributed by atoms with van der Waals surface area (Å²) in [6, 6.07) is 10.5. The van der Waals surface area contributed by atoms with Gasteiger partial charge in [0, 0.05) is 25.8 Å². The van der Waals surface area contributed by atoms with Crippen molar-refractivity contribution in [3.8, 4) is 5.75 Å². The molecule has 2 aliphatic rings. The van der Waals surface area contributed by atoms with E-state index in [0.29, 0.717) is 25.8 Å². The summed E-state index contributed by atoms with van der Waals surface area (Å²) in [5, 5.41) is 4.23. The molecule has 1 aliphatic carbocycles. The first-order valence-corrected chi connectivity index (χ1v) is 10.2. The molecule has 0 bridgehead atoms. The van der Waals surface area contributed by atoms with Crippen LogP contribution in [0.3, 0.4) is 0 Å². The van der Waals surface area contributed by atoms with Crippen molar-refractivity contribution in [3.63, 3.8) is 0 Å². The molecule has 0 unspecified atom stereocenters. The van der Waals surface area contributed by atoms with Crippen LogP contribution in [0.4, 0.5) is 0 Å². The summed E-state index contributed by atoms with van der Waals surface area (Å²) in [7, 11) is 1.67. The molecule has 138 valence electrons. The molecule has 0 N–H and O–H groups in total. The first-order valence-electron chi connectivity index (χ1n) is 9.27. The molecule has 0 spiro atoms. The van der Waals surface area contributed by atoms with E-state index in [4.69, 9.17) is 9.47 Å². The fourth-order valence-corrected chi connectivity index (χ4v) is 4.52. The maximum atomic E-state index is 13.8. The predicted octanol–water partition coefficient (Wildman–Crippen LogP) is 4.00. The molecule has 1 aliphatic heterocycles. The summed E-state index contributed by atoms with van der Waals surface area (Å²) < 4.78 is 10.9. The number of nitrogens with zero attached hydrogens (tertiary/aromatic N) is 1. The fourth-order valence-electron chi connectivity index (χ4n) is 3.86. The standard InChI is InChI=1S/C21H25NO3S/c1-24-19-6-2-17(3-7-19)21(9-11-25-12-10-21)20(23)22(18-4-5-18)14-16-8-13-26-15-16/h2-3,6-8,13,15,18H,4-5,9-12,14H2,1H3. The SMILES string of the molecule is COc1ccc(C2(C(=O)N(Cc3ccsc3)C3CC3)CCOCC2)cc1. The number of hydrogen-bond acceptors (Lipinski definition) is 4. The number of carbonyl (C=O) groups is 1. The Bertz CT molecular complexity index is 731. The van der Waals surface area contributed by atoms with Crippen molar-refractivity contribution in [2.45, 2.75) is 43.7 Å². The Labute approximate surface area is 158 Å². The van der Waals surface area contributed by atoms with Crippen LogP contribution in [-0.4, -0.2) is 37.2 Å². The average molecular weight is 372 g/mol. The van der Waals surface area contributed by atoms with Gasteiger partial charge < -0.3 is 14.4 Å². The Morgan fingerprint density at radius 1 is 1.23 bits per heavy atom. The van der Waals surface area contributed by atoms with Crippen LogP contribution < -0.4 is 4.74 Å². The second-order valence-corrected chi connectivity index (χ2v) is 8.00. The Balaban J connectivity index is 1.66. The molecule has 1 amide bonds. The molecule has 5 heteroatoms. The van der Waals surface area contributed by atoms with E-state index >= 15 is 0 Å². The van der Waals surface area contributed by atoms with E-state index in [0.717, 1.165) is 37.0 Å². The van der Waals surface area contributed by atoms with E-state index in [1.165, 1.54) is 5.56 Å². The van der Waals surface area contributed by atoms with Gasteiger partial charge in [-0.3, -0.25) is 4.79 Å². The maximum absolute atomic E-state index is 13.8. The second-order valence-electron chi connectivity index (χ2n) is 7.22. The van der Waals surface area contributed by atoms with Crippen molar-refractivity contribution < 1.29 is 14.3 Å². The first kappa shape index (κ1) is 17.6. The third-order valence-electron chi connectivity index (χ3n) is 5.58. The van der Waals surface area contributed by atoms with Crippen molar-refractivity contribution in [3.05, 3.63) is 52.2 Å². The Kier molecular flexibility index (Phi) is 5.00. The van der Waals surface area contributed by atoms with Crippen LogP contribution in [0.5, 0.6) is 5.75 Å². The number of carbonyl (C=O) groups excluding carboxylic acids is 1. The van der Waals surface area contributed by atoms with Gasteiger partial charge in [0.15, 0.2) is 0 Å². The van der Waals surface area contributed by atoms with Gasteiger partial charge in [-0.15, -0.1) is 0 Å². The molecule has 2 aromatic rings. The van der Waals surface area contributed by atoms with Gasteiger partial charge in [-0.2, -0.15) is 11.3 Å². The normalized spacial score (nSPS) is 19.1. The minimum Gasteiger partial charge on any atom is -0.497 e. The highest BCUT2D eigenvalue weighted by Crippen LogP contribution is 2.41. The lowest BCUT2D eigenvalue weighted by atomic mass is 9.73. The van der Waals surface area contributed by atoms with Crippen molar-refractivity contribution in [2.75, 3.05) is 20.3 Å². The average Bonchev–Trinajstić information content (AvgIpc) is 3.41. The van der Waals surface area contributed by atoms with Crippen molar-refractivity contribution >= 4 is 17.2 Å². The third kappa shape index (κ3) is 3.38. The van der Waals surface area contributed by atoms with Gasteiger partial charge in [-0.05, 0) is 65.8 Å². The lowest BCUT2D eigenvalue weighted by Gasteiger charge is -2.40. The van der Waals surface area contributed by atoms with Crippen LogP contribution in [0.15, 0.2) is 41.1 Å². The molecule has 0 atom stereocenters. The van der Waals surface area contributed by atoms with Crippen LogP contribution >= 0.6 is 11.3 Å². The van der Waals surface area contributed by atoms with Crippen LogP contribution in [0.2, 0.25) is 0 Å². The van der Waals surface area contributed by atoms with Crippen LogP contribution in [-0.2, 0) is 21.5 Å². The molecule has 0 radical (unpaired) electrons. The number of rotatable bonds is 6. The first-order chi connectivity index (χ1) is 12.7. The quantitative estimate of drug-likeness (QED) is 0.770. The van der Waals surface area contributed by atoms with E-state index < -0.39 is 5.41 Å². The van der Waals surface area contributed by atoms with Crippen molar-refractivity contribution in [2.24, 2.45) is 0 Å². The van der Waals surface area contributed by atoms with Gasteiger partial charge >= 0.3 is 0 Å². The molecule has 1 saturated carbocycles. The minimum absolute atomic E-state index is 0.264. The van der Waals surface area contributed by atoms with E-state index in [2.05, 4.69) is 33.9 Å². The third-order valence-corrected chi connectivity index (χ3v) is 6.31. The zero-order valence-corrected chi connectivity index (χ0v) is 16.0. The van der Waals surface area contributed by atoms with E-state index in [1.807, 2.05) is 12.1 Å². The summed E-state index contributed by atoms with van der Waals surface area (Å²) >= 11 is 1.69. The molecule has 2 heterocycles. The molecule has 2 fully saturated rings. The van der Waals surface area contributed by atoms with Crippen LogP contribution in [0.1, 0.15) is 36.8 Å². The van der Waals surface area contributed by atoms with Gasteiger partial charge in [0.05, 0.1) is 12.5 Å². The highest BCUT2D eigenvalue weighted by atomic mass is 32.1. The predicted molar refractivity (Wildman–Crippen MR) is 103 cm³/mol. The van der Waals surface area contributed by atoms with Crippen molar-refractivity contribution in [1.29, 1.82) is 0 Å². The van der Waals surface area contributed by atoms with Gasteiger partial charge in [0.1, 0.15) is 5.75 Å². The van der Waals surface area contributed by atoms with Crippen LogP contribution in [0.25, 0.3) is 0 Å². The molecular formula is C21H25NO3S. The highest BCUT2D eigenvalue weighted by Gasteiger charge is 2.47. The smallest absolute Gasteiger partial charge is 0.233 e. The topological polar surface area (TPSA) is 38.8 Å². The van der Waals surface area contributed by atoms with E-state index in [-0.39, 0.29) is 5.91 Å². The lowest BCUT2D eigenvalue weighted by molar-refractivity contribution is -0.142. The summed E-state index contributed by atoms with van der Waals surface area (Å²) in [5.41, 5.74) is 1.83. The molecule has 4 nitrogen and oxygen atoms in total. The van der Waals surface area contributed by atoms with Crippen molar-refractivity contribution in [1.82, 2.24) is 4.90 Å². The molecular weight excluding hydrogens is 346 g/mol. The molecule has 1 aromatic heterocycles. The molecule has 1 saturated heterocycles. The zero-order valence-electron chi connectivity index (χ0n) is 15.1. The molecule has 1 aromatic carbocycles. The summed E-state index contributed by atoms with van der Waals surface area (Å²) in [6.07, 6.45) is 3.71. The lowest BCUT2D eigenvalue weighted by Crippen LogP contribution is -2.50. The highest BCUT2D eigenvalue weighted by molar-refractivity contribution is 7.07. The monoisotopic (exact) mass is 371 g/mol. The number of amides is 1. The number of methoxy groups -OCH3 is 1. The number of thiophene rings is 1. The van der Waals surface area contributed by atoms with Crippen LogP contribution in [0, 0.1) is 0 Å². The number of benzene rings is 1.